The third-order valence-electron chi connectivity index (χ3n) is 3.53. The number of carbonyl (C=O) groups is 1. The number of hydrogen-bond acceptors (Lipinski definition) is 5. The summed E-state index contributed by atoms with van der Waals surface area (Å²) in [5.74, 6) is -1.47. The number of amides is 1. The predicted molar refractivity (Wildman–Crippen MR) is 93.9 cm³/mol. The molecule has 0 aliphatic heterocycles. The molecule has 0 fully saturated rings. The van der Waals surface area contributed by atoms with E-state index in [1.54, 1.807) is 24.3 Å². The van der Waals surface area contributed by atoms with Crippen LogP contribution in [0.3, 0.4) is 0 Å². The second-order valence-electron chi connectivity index (χ2n) is 5.36. The van der Waals surface area contributed by atoms with Crippen molar-refractivity contribution < 1.29 is 23.2 Å². The molecule has 0 spiro atoms. The maximum atomic E-state index is 12.6. The molecule has 134 valence electrons. The monoisotopic (exact) mass is 383 g/mol. The minimum Gasteiger partial charge on any atom is -0.375 e. The van der Waals surface area contributed by atoms with Gasteiger partial charge in [0.25, 0.3) is 5.91 Å². The fraction of sp³-hybridized carbons (Fsp3) is 0.235. The molecule has 6 nitrogen and oxygen atoms in total. The summed E-state index contributed by atoms with van der Waals surface area (Å²) in [6, 6.07) is 15.6. The molecule has 0 radical (unpaired) electrons. The van der Waals surface area contributed by atoms with Crippen LogP contribution in [0.4, 0.5) is 0 Å². The van der Waals surface area contributed by atoms with Gasteiger partial charge in [-0.2, -0.15) is 0 Å². The molecule has 0 bridgehead atoms. The first-order valence-electron chi connectivity index (χ1n) is 7.44. The van der Waals surface area contributed by atoms with Crippen LogP contribution >= 0.6 is 11.6 Å². The number of ether oxygens (including phenoxy) is 1. The van der Waals surface area contributed by atoms with Gasteiger partial charge in [0.1, 0.15) is 0 Å². The summed E-state index contributed by atoms with van der Waals surface area (Å²) >= 11 is 5.99. The highest BCUT2D eigenvalue weighted by atomic mass is 35.5. The molecule has 0 heterocycles. The van der Waals surface area contributed by atoms with Crippen molar-refractivity contribution in [2.45, 2.75) is 17.6 Å². The highest BCUT2D eigenvalue weighted by Crippen LogP contribution is 2.20. The van der Waals surface area contributed by atoms with E-state index in [1.807, 2.05) is 30.3 Å². The van der Waals surface area contributed by atoms with Gasteiger partial charge in [0, 0.05) is 5.02 Å². The Bertz CT molecular complexity index is 811. The zero-order chi connectivity index (χ0) is 18.3. The minimum absolute atomic E-state index is 0.150. The number of hydrogen-bond donors (Lipinski definition) is 2. The SMILES string of the molecule is O=C(NO)C(COCc1ccccc1)S(=O)(=O)Cc1ccccc1Cl. The van der Waals surface area contributed by atoms with Gasteiger partial charge in [0.15, 0.2) is 15.1 Å². The summed E-state index contributed by atoms with van der Waals surface area (Å²) in [7, 11) is -3.95. The van der Waals surface area contributed by atoms with E-state index in [0.29, 0.717) is 10.6 Å². The number of benzene rings is 2. The third-order valence-corrected chi connectivity index (χ3v) is 5.83. The number of carbonyl (C=O) groups excluding carboxylic acids is 1. The molecular weight excluding hydrogens is 366 g/mol. The summed E-state index contributed by atoms with van der Waals surface area (Å²) in [5.41, 5.74) is 2.61. The van der Waals surface area contributed by atoms with E-state index in [2.05, 4.69) is 0 Å². The van der Waals surface area contributed by atoms with Crippen LogP contribution in [0.5, 0.6) is 0 Å². The van der Waals surface area contributed by atoms with Gasteiger partial charge in [0.05, 0.1) is 19.0 Å². The van der Waals surface area contributed by atoms with Crippen molar-refractivity contribution in [3.05, 3.63) is 70.7 Å². The van der Waals surface area contributed by atoms with E-state index in [0.717, 1.165) is 5.56 Å². The molecule has 25 heavy (non-hydrogen) atoms. The molecule has 1 amide bonds. The first-order chi connectivity index (χ1) is 11.9. The number of rotatable bonds is 8. The lowest BCUT2D eigenvalue weighted by Crippen LogP contribution is -2.42. The van der Waals surface area contributed by atoms with E-state index < -0.39 is 26.7 Å². The van der Waals surface area contributed by atoms with Crippen molar-refractivity contribution in [2.75, 3.05) is 6.61 Å². The van der Waals surface area contributed by atoms with Crippen molar-refractivity contribution in [1.29, 1.82) is 0 Å². The van der Waals surface area contributed by atoms with Crippen molar-refractivity contribution >= 4 is 27.3 Å². The molecule has 2 aromatic carbocycles. The lowest BCUT2D eigenvalue weighted by molar-refractivity contribution is -0.129. The van der Waals surface area contributed by atoms with E-state index in [9.17, 15) is 13.2 Å². The molecule has 0 saturated heterocycles. The Morgan fingerprint density at radius 1 is 1.12 bits per heavy atom. The Hall–Kier alpha value is -1.93. The molecular formula is C17H18ClNO5S. The van der Waals surface area contributed by atoms with Gasteiger partial charge < -0.3 is 4.74 Å². The van der Waals surface area contributed by atoms with Crippen LogP contribution in [0.25, 0.3) is 0 Å². The topological polar surface area (TPSA) is 92.7 Å². The molecule has 2 N–H and O–H groups in total. The van der Waals surface area contributed by atoms with Crippen LogP contribution in [0, 0.1) is 0 Å². The van der Waals surface area contributed by atoms with Gasteiger partial charge in [0.2, 0.25) is 0 Å². The fourth-order valence-electron chi connectivity index (χ4n) is 2.21. The zero-order valence-corrected chi connectivity index (χ0v) is 14.8. The van der Waals surface area contributed by atoms with E-state index in [4.69, 9.17) is 21.5 Å². The predicted octanol–water partition coefficient (Wildman–Crippen LogP) is 2.35. The average molecular weight is 384 g/mol. The summed E-state index contributed by atoms with van der Waals surface area (Å²) in [6.45, 7) is -0.230. The zero-order valence-electron chi connectivity index (χ0n) is 13.3. The quantitative estimate of drug-likeness (QED) is 0.539. The lowest BCUT2D eigenvalue weighted by atomic mass is 10.2. The number of hydroxylamine groups is 1. The van der Waals surface area contributed by atoms with Crippen molar-refractivity contribution in [3.8, 4) is 0 Å². The highest BCUT2D eigenvalue weighted by Gasteiger charge is 2.33. The first kappa shape index (κ1) is 19.4. The van der Waals surface area contributed by atoms with Gasteiger partial charge in [-0.1, -0.05) is 60.1 Å². The molecule has 0 aromatic heterocycles. The van der Waals surface area contributed by atoms with Gasteiger partial charge in [-0.25, -0.2) is 13.9 Å². The fourth-order valence-corrected chi connectivity index (χ4v) is 4.06. The third kappa shape index (κ3) is 5.54. The van der Waals surface area contributed by atoms with Gasteiger partial charge in [-0.05, 0) is 17.2 Å². The lowest BCUT2D eigenvalue weighted by Gasteiger charge is -2.16. The molecule has 2 rings (SSSR count). The normalized spacial score (nSPS) is 12.6. The summed E-state index contributed by atoms with van der Waals surface area (Å²) in [6.07, 6.45) is 0. The van der Waals surface area contributed by atoms with Crippen LogP contribution in [0.2, 0.25) is 5.02 Å². The average Bonchev–Trinajstić information content (AvgIpc) is 2.60. The summed E-state index contributed by atoms with van der Waals surface area (Å²) in [5, 5.41) is 7.61. The van der Waals surface area contributed by atoms with E-state index in [1.165, 1.54) is 5.48 Å². The second-order valence-corrected chi connectivity index (χ2v) is 7.95. The Labute approximate surface area is 151 Å². The van der Waals surface area contributed by atoms with Crippen LogP contribution < -0.4 is 5.48 Å². The van der Waals surface area contributed by atoms with E-state index in [-0.39, 0.29) is 13.2 Å². The Kier molecular flexibility index (Phi) is 6.95. The maximum Gasteiger partial charge on any atom is 0.264 e. The van der Waals surface area contributed by atoms with Crippen molar-refractivity contribution in [3.63, 3.8) is 0 Å². The Morgan fingerprint density at radius 3 is 2.40 bits per heavy atom. The molecule has 1 atom stereocenters. The first-order valence-corrected chi connectivity index (χ1v) is 9.54. The van der Waals surface area contributed by atoms with Crippen LogP contribution in [-0.2, 0) is 31.7 Å². The van der Waals surface area contributed by atoms with Gasteiger partial charge in [-0.3, -0.25) is 10.0 Å². The van der Waals surface area contributed by atoms with Crippen LogP contribution in [0.1, 0.15) is 11.1 Å². The number of halogens is 1. The van der Waals surface area contributed by atoms with Gasteiger partial charge >= 0.3 is 0 Å². The standard InChI is InChI=1S/C17H18ClNO5S/c18-15-9-5-4-8-14(15)12-25(22,23)16(17(20)19-21)11-24-10-13-6-2-1-3-7-13/h1-9,16,21H,10-12H2,(H,19,20). The van der Waals surface area contributed by atoms with Crippen LogP contribution in [0.15, 0.2) is 54.6 Å². The van der Waals surface area contributed by atoms with Crippen LogP contribution in [-0.4, -0.2) is 31.4 Å². The van der Waals surface area contributed by atoms with E-state index >= 15 is 0 Å². The molecule has 1 unspecified atom stereocenters. The maximum absolute atomic E-state index is 12.6. The minimum atomic E-state index is -3.95. The highest BCUT2D eigenvalue weighted by molar-refractivity contribution is 7.92. The Balaban J connectivity index is 2.10. The molecule has 0 saturated carbocycles. The molecule has 0 aliphatic rings. The number of sulfone groups is 1. The number of nitrogens with one attached hydrogen (secondary N) is 1. The molecule has 2 aromatic rings. The molecule has 0 aliphatic carbocycles. The van der Waals surface area contributed by atoms with Gasteiger partial charge in [-0.15, -0.1) is 0 Å². The summed E-state index contributed by atoms with van der Waals surface area (Å²) < 4.78 is 30.5. The second kappa shape index (κ2) is 8.96. The largest absolute Gasteiger partial charge is 0.375 e. The Morgan fingerprint density at radius 2 is 1.76 bits per heavy atom. The van der Waals surface area contributed by atoms with Crippen molar-refractivity contribution in [2.24, 2.45) is 0 Å². The smallest absolute Gasteiger partial charge is 0.264 e. The van der Waals surface area contributed by atoms with Crippen molar-refractivity contribution in [1.82, 2.24) is 5.48 Å². The summed E-state index contributed by atoms with van der Waals surface area (Å²) in [4.78, 5) is 11.8. The molecule has 8 heteroatoms.